The van der Waals surface area contributed by atoms with Gasteiger partial charge in [0.25, 0.3) is 0 Å². The minimum absolute atomic E-state index is 0.0686. The van der Waals surface area contributed by atoms with E-state index < -0.39 is 0 Å². The van der Waals surface area contributed by atoms with Crippen LogP contribution in [0.1, 0.15) is 31.4 Å². The zero-order valence-corrected chi connectivity index (χ0v) is 13.2. The SMILES string of the molecule is CC(C)Oc1cccc(CNC(=O)CCc2ccccc2)c1. The average Bonchev–Trinajstić information content (AvgIpc) is 2.52. The molecule has 22 heavy (non-hydrogen) atoms. The minimum atomic E-state index is 0.0686. The molecular formula is C19H23NO2. The van der Waals surface area contributed by atoms with Crippen molar-refractivity contribution in [3.8, 4) is 5.75 Å². The van der Waals surface area contributed by atoms with Gasteiger partial charge in [0.05, 0.1) is 6.10 Å². The Morgan fingerprint density at radius 2 is 1.77 bits per heavy atom. The van der Waals surface area contributed by atoms with Gasteiger partial charge in [0.15, 0.2) is 0 Å². The van der Waals surface area contributed by atoms with Crippen molar-refractivity contribution in [3.63, 3.8) is 0 Å². The molecule has 3 heteroatoms. The fourth-order valence-electron chi connectivity index (χ4n) is 2.19. The monoisotopic (exact) mass is 297 g/mol. The van der Waals surface area contributed by atoms with Gasteiger partial charge in [0.2, 0.25) is 5.91 Å². The van der Waals surface area contributed by atoms with E-state index in [4.69, 9.17) is 4.74 Å². The molecule has 2 rings (SSSR count). The highest BCUT2D eigenvalue weighted by Crippen LogP contribution is 2.14. The van der Waals surface area contributed by atoms with Crippen LogP contribution in [0.3, 0.4) is 0 Å². The first-order chi connectivity index (χ1) is 10.6. The summed E-state index contributed by atoms with van der Waals surface area (Å²) in [5.74, 6) is 0.907. The van der Waals surface area contributed by atoms with Crippen molar-refractivity contribution in [2.45, 2.75) is 39.3 Å². The predicted molar refractivity (Wildman–Crippen MR) is 88.8 cm³/mol. The van der Waals surface area contributed by atoms with Gasteiger partial charge >= 0.3 is 0 Å². The molecule has 0 aliphatic heterocycles. The molecule has 0 radical (unpaired) electrons. The topological polar surface area (TPSA) is 38.3 Å². The number of rotatable bonds is 7. The van der Waals surface area contributed by atoms with Crippen LogP contribution < -0.4 is 10.1 Å². The summed E-state index contributed by atoms with van der Waals surface area (Å²) in [5.41, 5.74) is 2.23. The van der Waals surface area contributed by atoms with Gasteiger partial charge in [-0.25, -0.2) is 0 Å². The highest BCUT2D eigenvalue weighted by molar-refractivity contribution is 5.76. The summed E-state index contributed by atoms with van der Waals surface area (Å²) < 4.78 is 5.65. The van der Waals surface area contributed by atoms with E-state index in [9.17, 15) is 4.79 Å². The van der Waals surface area contributed by atoms with Crippen LogP contribution >= 0.6 is 0 Å². The normalized spacial score (nSPS) is 10.5. The lowest BCUT2D eigenvalue weighted by Crippen LogP contribution is -2.23. The first-order valence-corrected chi connectivity index (χ1v) is 7.69. The third-order valence-electron chi connectivity index (χ3n) is 3.24. The summed E-state index contributed by atoms with van der Waals surface area (Å²) in [6, 6.07) is 17.9. The van der Waals surface area contributed by atoms with Crippen LogP contribution in [0, 0.1) is 0 Å². The van der Waals surface area contributed by atoms with Crippen molar-refractivity contribution in [2.24, 2.45) is 0 Å². The molecule has 0 aliphatic carbocycles. The molecule has 2 aromatic rings. The Kier molecular flexibility index (Phi) is 6.01. The molecule has 0 unspecified atom stereocenters. The summed E-state index contributed by atoms with van der Waals surface area (Å²) in [6.45, 7) is 4.53. The number of carbonyl (C=O) groups excluding carboxylic acids is 1. The van der Waals surface area contributed by atoms with E-state index in [0.29, 0.717) is 13.0 Å². The number of ether oxygens (including phenoxy) is 1. The Morgan fingerprint density at radius 3 is 2.50 bits per heavy atom. The number of carbonyl (C=O) groups is 1. The average molecular weight is 297 g/mol. The second-order valence-electron chi connectivity index (χ2n) is 5.58. The van der Waals surface area contributed by atoms with Crippen LogP contribution in [0.15, 0.2) is 54.6 Å². The molecule has 0 aromatic heterocycles. The number of aryl methyl sites for hydroxylation is 1. The molecule has 1 amide bonds. The first-order valence-electron chi connectivity index (χ1n) is 7.69. The van der Waals surface area contributed by atoms with Crippen LogP contribution in [0.5, 0.6) is 5.75 Å². The van der Waals surface area contributed by atoms with E-state index in [-0.39, 0.29) is 12.0 Å². The summed E-state index contributed by atoms with van der Waals surface area (Å²) in [4.78, 5) is 11.9. The van der Waals surface area contributed by atoms with Gasteiger partial charge in [0, 0.05) is 13.0 Å². The van der Waals surface area contributed by atoms with Crippen molar-refractivity contribution >= 4 is 5.91 Å². The van der Waals surface area contributed by atoms with Crippen LogP contribution in [0.4, 0.5) is 0 Å². The van der Waals surface area contributed by atoms with Gasteiger partial charge in [-0.05, 0) is 43.5 Å². The zero-order chi connectivity index (χ0) is 15.8. The van der Waals surface area contributed by atoms with Gasteiger partial charge < -0.3 is 10.1 Å². The van der Waals surface area contributed by atoms with Gasteiger partial charge in [0.1, 0.15) is 5.75 Å². The van der Waals surface area contributed by atoms with E-state index >= 15 is 0 Å². The number of hydrogen-bond donors (Lipinski definition) is 1. The quantitative estimate of drug-likeness (QED) is 0.846. The lowest BCUT2D eigenvalue weighted by molar-refractivity contribution is -0.121. The molecular weight excluding hydrogens is 274 g/mol. The van der Waals surface area contributed by atoms with E-state index in [1.807, 2.05) is 68.4 Å². The molecule has 0 fully saturated rings. The first kappa shape index (κ1) is 16.1. The highest BCUT2D eigenvalue weighted by Gasteiger charge is 2.04. The van der Waals surface area contributed by atoms with Gasteiger partial charge in [-0.2, -0.15) is 0 Å². The summed E-state index contributed by atoms with van der Waals surface area (Å²) in [6.07, 6.45) is 1.42. The molecule has 0 bridgehead atoms. The Balaban J connectivity index is 1.78. The predicted octanol–water partition coefficient (Wildman–Crippen LogP) is 3.72. The van der Waals surface area contributed by atoms with Crippen LogP contribution in [-0.2, 0) is 17.8 Å². The Bertz CT molecular complexity index is 593. The Hall–Kier alpha value is -2.29. The third kappa shape index (κ3) is 5.60. The molecule has 0 heterocycles. The second kappa shape index (κ2) is 8.23. The number of amides is 1. The fourth-order valence-corrected chi connectivity index (χ4v) is 2.19. The van der Waals surface area contributed by atoms with E-state index in [2.05, 4.69) is 5.32 Å². The maximum Gasteiger partial charge on any atom is 0.220 e. The standard InChI is InChI=1S/C19H23NO2/c1-15(2)22-18-10-6-9-17(13-18)14-20-19(21)12-11-16-7-4-3-5-8-16/h3-10,13,15H,11-12,14H2,1-2H3,(H,20,21). The lowest BCUT2D eigenvalue weighted by atomic mass is 10.1. The highest BCUT2D eigenvalue weighted by atomic mass is 16.5. The van der Waals surface area contributed by atoms with E-state index in [1.165, 1.54) is 5.56 Å². The van der Waals surface area contributed by atoms with Crippen LogP contribution in [0.25, 0.3) is 0 Å². The molecule has 0 saturated heterocycles. The van der Waals surface area contributed by atoms with Gasteiger partial charge in [-0.3, -0.25) is 4.79 Å². The molecule has 0 atom stereocenters. The fraction of sp³-hybridized carbons (Fsp3) is 0.316. The van der Waals surface area contributed by atoms with Crippen LogP contribution in [-0.4, -0.2) is 12.0 Å². The van der Waals surface area contributed by atoms with Gasteiger partial charge in [-0.1, -0.05) is 42.5 Å². The van der Waals surface area contributed by atoms with Crippen molar-refractivity contribution in [1.29, 1.82) is 0 Å². The second-order valence-corrected chi connectivity index (χ2v) is 5.58. The summed E-state index contributed by atoms with van der Waals surface area (Å²) >= 11 is 0. The zero-order valence-electron chi connectivity index (χ0n) is 13.2. The molecule has 0 saturated carbocycles. The van der Waals surface area contributed by atoms with Gasteiger partial charge in [-0.15, -0.1) is 0 Å². The molecule has 0 aliphatic rings. The van der Waals surface area contributed by atoms with E-state index in [0.717, 1.165) is 17.7 Å². The van der Waals surface area contributed by atoms with Crippen molar-refractivity contribution in [2.75, 3.05) is 0 Å². The van der Waals surface area contributed by atoms with Crippen molar-refractivity contribution < 1.29 is 9.53 Å². The Morgan fingerprint density at radius 1 is 1.05 bits per heavy atom. The van der Waals surface area contributed by atoms with Crippen LogP contribution in [0.2, 0.25) is 0 Å². The molecule has 1 N–H and O–H groups in total. The van der Waals surface area contributed by atoms with Crippen molar-refractivity contribution in [1.82, 2.24) is 5.32 Å². The minimum Gasteiger partial charge on any atom is -0.491 e. The maximum atomic E-state index is 11.9. The third-order valence-corrected chi connectivity index (χ3v) is 3.24. The molecule has 2 aromatic carbocycles. The summed E-state index contributed by atoms with van der Waals surface area (Å²) in [7, 11) is 0. The number of benzene rings is 2. The van der Waals surface area contributed by atoms with E-state index in [1.54, 1.807) is 0 Å². The van der Waals surface area contributed by atoms with Crippen molar-refractivity contribution in [3.05, 3.63) is 65.7 Å². The largest absolute Gasteiger partial charge is 0.491 e. The smallest absolute Gasteiger partial charge is 0.220 e. The molecule has 3 nitrogen and oxygen atoms in total. The number of hydrogen-bond acceptors (Lipinski definition) is 2. The number of nitrogens with one attached hydrogen (secondary N) is 1. The molecule has 116 valence electrons. The summed E-state index contributed by atoms with van der Waals surface area (Å²) in [5, 5.41) is 2.96. The lowest BCUT2D eigenvalue weighted by Gasteiger charge is -2.11. The molecule has 0 spiro atoms. The Labute approximate surface area is 132 Å². The maximum absolute atomic E-state index is 11.9.